The maximum atomic E-state index is 12.9. The number of carbonyl (C=O) groups excluding carboxylic acids is 1. The van der Waals surface area contributed by atoms with Crippen LogP contribution in [0.25, 0.3) is 0 Å². The van der Waals surface area contributed by atoms with E-state index in [0.717, 1.165) is 50.7 Å². The van der Waals surface area contributed by atoms with Crippen LogP contribution < -0.4 is 18.9 Å². The van der Waals surface area contributed by atoms with Crippen molar-refractivity contribution in [2.75, 3.05) is 40.1 Å². The molecule has 13 heteroatoms. The maximum Gasteiger partial charge on any atom is 0.321 e. The van der Waals surface area contributed by atoms with E-state index in [2.05, 4.69) is 19.1 Å². The SMILES string of the molecule is CS(=O)(=O)Nc1ccc2c(c1)C(=O)CC1(CCN(CCc3ccc4c(c3)NS(=O)(=O)N4)CC1)O2.Cl. The zero-order valence-electron chi connectivity index (χ0n) is 19.0. The number of ketones is 1. The molecule has 190 valence electrons. The molecular formula is C22H27ClN4O6S2. The van der Waals surface area contributed by atoms with E-state index in [0.29, 0.717) is 28.4 Å². The number of hydrogen-bond donors (Lipinski definition) is 3. The Hall–Kier alpha value is -2.54. The van der Waals surface area contributed by atoms with Crippen LogP contribution in [0.15, 0.2) is 36.4 Å². The average molecular weight is 543 g/mol. The van der Waals surface area contributed by atoms with Crippen molar-refractivity contribution in [1.29, 1.82) is 0 Å². The maximum absolute atomic E-state index is 12.9. The first-order valence-corrected chi connectivity index (χ1v) is 14.4. The average Bonchev–Trinajstić information content (AvgIpc) is 3.06. The van der Waals surface area contributed by atoms with Crippen molar-refractivity contribution in [2.24, 2.45) is 0 Å². The zero-order valence-corrected chi connectivity index (χ0v) is 21.5. The first kappa shape index (κ1) is 25.5. The van der Waals surface area contributed by atoms with Crippen molar-refractivity contribution in [3.8, 4) is 5.75 Å². The van der Waals surface area contributed by atoms with E-state index in [9.17, 15) is 21.6 Å². The molecule has 0 amide bonds. The van der Waals surface area contributed by atoms with E-state index in [1.165, 1.54) is 6.07 Å². The normalized spacial score (nSPS) is 20.0. The molecule has 1 spiro atoms. The van der Waals surface area contributed by atoms with Crippen LogP contribution in [-0.2, 0) is 26.7 Å². The van der Waals surface area contributed by atoms with Gasteiger partial charge in [-0.15, -0.1) is 12.4 Å². The number of likely N-dealkylation sites (tertiary alicyclic amines) is 1. The molecular weight excluding hydrogens is 516 g/mol. The second-order valence-electron chi connectivity index (χ2n) is 9.15. The Labute approximate surface area is 211 Å². The van der Waals surface area contributed by atoms with Crippen LogP contribution in [0.5, 0.6) is 5.75 Å². The molecule has 5 rings (SSSR count). The van der Waals surface area contributed by atoms with Gasteiger partial charge in [0.15, 0.2) is 5.78 Å². The van der Waals surface area contributed by atoms with Crippen molar-refractivity contribution in [1.82, 2.24) is 4.90 Å². The minimum atomic E-state index is -3.49. The van der Waals surface area contributed by atoms with Crippen molar-refractivity contribution in [2.45, 2.75) is 31.3 Å². The summed E-state index contributed by atoms with van der Waals surface area (Å²) in [5.74, 6) is 0.457. The molecule has 3 heterocycles. The van der Waals surface area contributed by atoms with Gasteiger partial charge in [0.05, 0.1) is 29.6 Å². The highest BCUT2D eigenvalue weighted by Crippen LogP contribution is 2.40. The Morgan fingerprint density at radius 3 is 2.51 bits per heavy atom. The van der Waals surface area contributed by atoms with Gasteiger partial charge < -0.3 is 9.64 Å². The predicted octanol–water partition coefficient (Wildman–Crippen LogP) is 2.60. The molecule has 0 radical (unpaired) electrons. The summed E-state index contributed by atoms with van der Waals surface area (Å²) in [6, 6.07) is 10.3. The summed E-state index contributed by atoms with van der Waals surface area (Å²) in [4.78, 5) is 15.2. The molecule has 0 aromatic heterocycles. The molecule has 0 atom stereocenters. The summed E-state index contributed by atoms with van der Waals surface area (Å²) in [7, 11) is -6.92. The summed E-state index contributed by atoms with van der Waals surface area (Å²) in [5, 5.41) is 0. The Kier molecular flexibility index (Phi) is 6.68. The van der Waals surface area contributed by atoms with Crippen molar-refractivity contribution in [3.05, 3.63) is 47.5 Å². The number of fused-ring (bicyclic) bond motifs is 2. The van der Waals surface area contributed by atoms with E-state index < -0.39 is 25.8 Å². The number of Topliss-reactive ketones (excluding diaryl/α,β-unsaturated/α-hetero) is 1. The Morgan fingerprint density at radius 1 is 1.09 bits per heavy atom. The lowest BCUT2D eigenvalue weighted by Crippen LogP contribution is -2.51. The van der Waals surface area contributed by atoms with Gasteiger partial charge in [-0.2, -0.15) is 8.42 Å². The number of anilines is 3. The van der Waals surface area contributed by atoms with Gasteiger partial charge in [0.25, 0.3) is 0 Å². The van der Waals surface area contributed by atoms with Crippen LogP contribution in [0, 0.1) is 0 Å². The number of ether oxygens (including phenoxy) is 1. The number of benzene rings is 2. The molecule has 0 bridgehead atoms. The molecule has 1 fully saturated rings. The van der Waals surface area contributed by atoms with Gasteiger partial charge in [-0.3, -0.25) is 19.0 Å². The van der Waals surface area contributed by atoms with Crippen molar-refractivity contribution < 1.29 is 26.4 Å². The third-order valence-electron chi connectivity index (χ3n) is 6.45. The van der Waals surface area contributed by atoms with Gasteiger partial charge >= 0.3 is 10.2 Å². The van der Waals surface area contributed by atoms with Crippen LogP contribution in [-0.4, -0.2) is 59.0 Å². The molecule has 35 heavy (non-hydrogen) atoms. The summed E-state index contributed by atoms with van der Waals surface area (Å²) in [6.07, 6.45) is 3.55. The van der Waals surface area contributed by atoms with Crippen molar-refractivity contribution in [3.63, 3.8) is 0 Å². The lowest BCUT2D eigenvalue weighted by Gasteiger charge is -2.44. The monoisotopic (exact) mass is 542 g/mol. The van der Waals surface area contributed by atoms with Crippen LogP contribution in [0.1, 0.15) is 35.2 Å². The zero-order chi connectivity index (χ0) is 24.1. The fraction of sp³-hybridized carbons (Fsp3) is 0.409. The lowest BCUT2D eigenvalue weighted by molar-refractivity contribution is -0.00865. The van der Waals surface area contributed by atoms with Gasteiger partial charge in [0.2, 0.25) is 10.0 Å². The lowest BCUT2D eigenvalue weighted by atomic mass is 9.82. The minimum Gasteiger partial charge on any atom is -0.486 e. The third kappa shape index (κ3) is 5.66. The van der Waals surface area contributed by atoms with Gasteiger partial charge in [-0.1, -0.05) is 6.07 Å². The third-order valence-corrected chi connectivity index (χ3v) is 8.03. The smallest absolute Gasteiger partial charge is 0.321 e. The number of piperidine rings is 1. The van der Waals surface area contributed by atoms with E-state index in [1.54, 1.807) is 18.2 Å². The standard InChI is InChI=1S/C22H26N4O6S2.ClH/c1-33(28,29)23-16-3-5-21-17(13-16)20(27)14-22(32-21)7-10-26(11-8-22)9-6-15-2-4-18-19(12-15)25-34(30,31)24-18;/h2-5,12-13,23-25H,6-11,14H2,1H3;1H. The quantitative estimate of drug-likeness (QED) is 0.528. The van der Waals surface area contributed by atoms with Gasteiger partial charge in [-0.25, -0.2) is 8.42 Å². The van der Waals surface area contributed by atoms with Crippen LogP contribution >= 0.6 is 12.4 Å². The highest BCUT2D eigenvalue weighted by molar-refractivity contribution is 7.94. The van der Waals surface area contributed by atoms with Crippen LogP contribution in [0.3, 0.4) is 0 Å². The predicted molar refractivity (Wildman–Crippen MR) is 136 cm³/mol. The topological polar surface area (TPSA) is 134 Å². The molecule has 3 N–H and O–H groups in total. The van der Waals surface area contributed by atoms with E-state index in [4.69, 9.17) is 4.74 Å². The number of nitrogens with one attached hydrogen (secondary N) is 3. The highest BCUT2D eigenvalue weighted by atomic mass is 35.5. The molecule has 1 saturated heterocycles. The van der Waals surface area contributed by atoms with Crippen molar-refractivity contribution >= 4 is 55.5 Å². The Bertz CT molecular complexity index is 1370. The van der Waals surface area contributed by atoms with E-state index >= 15 is 0 Å². The first-order valence-electron chi connectivity index (χ1n) is 11.0. The van der Waals surface area contributed by atoms with Crippen LogP contribution in [0.4, 0.5) is 17.1 Å². The molecule has 0 aliphatic carbocycles. The molecule has 2 aromatic rings. The molecule has 3 aliphatic heterocycles. The summed E-state index contributed by atoms with van der Waals surface area (Å²) < 4.78 is 59.8. The number of hydrogen-bond acceptors (Lipinski definition) is 7. The van der Waals surface area contributed by atoms with Crippen LogP contribution in [0.2, 0.25) is 0 Å². The second kappa shape index (κ2) is 9.16. The van der Waals surface area contributed by atoms with E-state index in [-0.39, 0.29) is 24.6 Å². The van der Waals surface area contributed by atoms with Gasteiger partial charge in [0.1, 0.15) is 11.4 Å². The number of carbonyl (C=O) groups is 1. The molecule has 0 unspecified atom stereocenters. The van der Waals surface area contributed by atoms with Gasteiger partial charge in [0, 0.05) is 38.2 Å². The molecule has 3 aliphatic rings. The summed E-state index contributed by atoms with van der Waals surface area (Å²) >= 11 is 0. The summed E-state index contributed by atoms with van der Waals surface area (Å²) in [5.41, 5.74) is 2.38. The first-order chi connectivity index (χ1) is 16.0. The number of halogens is 1. The number of nitrogens with zero attached hydrogens (tertiary/aromatic N) is 1. The minimum absolute atomic E-state index is 0. The summed E-state index contributed by atoms with van der Waals surface area (Å²) in [6.45, 7) is 2.39. The number of sulfonamides is 1. The Morgan fingerprint density at radius 2 is 1.80 bits per heavy atom. The molecule has 2 aromatic carbocycles. The Balaban J connectivity index is 0.00000289. The molecule has 10 nitrogen and oxygen atoms in total. The number of rotatable bonds is 5. The second-order valence-corrected chi connectivity index (χ2v) is 12.3. The fourth-order valence-electron chi connectivity index (χ4n) is 4.76. The highest BCUT2D eigenvalue weighted by Gasteiger charge is 2.43. The van der Waals surface area contributed by atoms with E-state index in [1.807, 2.05) is 12.1 Å². The fourth-order valence-corrected chi connectivity index (χ4v) is 6.29. The largest absolute Gasteiger partial charge is 0.486 e. The molecule has 0 saturated carbocycles. The van der Waals surface area contributed by atoms with Gasteiger partial charge in [-0.05, 0) is 42.3 Å².